The van der Waals surface area contributed by atoms with Crippen molar-refractivity contribution in [1.82, 2.24) is 15.2 Å². The van der Waals surface area contributed by atoms with Crippen molar-refractivity contribution in [1.29, 1.82) is 0 Å². The summed E-state index contributed by atoms with van der Waals surface area (Å²) in [5.41, 5.74) is 1.16. The maximum Gasteiger partial charge on any atom is 0.151 e. The molecular weight excluding hydrogens is 306 g/mol. The van der Waals surface area contributed by atoms with Crippen LogP contribution >= 0.6 is 15.9 Å². The molecule has 0 unspecified atom stereocenters. The number of nitrogens with zero attached hydrogens (tertiary/aromatic N) is 5. The highest BCUT2D eigenvalue weighted by atomic mass is 79.9. The van der Waals surface area contributed by atoms with Crippen LogP contribution in [0.25, 0.3) is 0 Å². The van der Waals surface area contributed by atoms with Crippen LogP contribution in [0.2, 0.25) is 0 Å². The number of anilines is 2. The van der Waals surface area contributed by atoms with Gasteiger partial charge in [0.2, 0.25) is 0 Å². The first kappa shape index (κ1) is 12.3. The van der Waals surface area contributed by atoms with Gasteiger partial charge in [0.15, 0.2) is 5.82 Å². The van der Waals surface area contributed by atoms with Gasteiger partial charge in [0.25, 0.3) is 0 Å². The van der Waals surface area contributed by atoms with E-state index in [1.165, 1.54) is 0 Å². The van der Waals surface area contributed by atoms with Gasteiger partial charge in [-0.2, -0.15) is 5.10 Å². The van der Waals surface area contributed by atoms with Crippen molar-refractivity contribution in [2.45, 2.75) is 0 Å². The molecule has 3 rings (SSSR count). The van der Waals surface area contributed by atoms with Crippen LogP contribution in [0.3, 0.4) is 0 Å². The third-order valence-corrected chi connectivity index (χ3v) is 3.65. The lowest BCUT2D eigenvalue weighted by Crippen LogP contribution is -2.46. The second-order valence-corrected chi connectivity index (χ2v) is 5.33. The largest absolute Gasteiger partial charge is 0.367 e. The Morgan fingerprint density at radius 1 is 1.05 bits per heavy atom. The topological polar surface area (TPSA) is 45.2 Å². The fourth-order valence-corrected chi connectivity index (χ4v) is 2.58. The van der Waals surface area contributed by atoms with Crippen molar-refractivity contribution in [2.24, 2.45) is 0 Å². The van der Waals surface area contributed by atoms with Crippen LogP contribution in [-0.2, 0) is 0 Å². The molecule has 19 heavy (non-hydrogen) atoms. The zero-order valence-corrected chi connectivity index (χ0v) is 12.0. The van der Waals surface area contributed by atoms with Gasteiger partial charge in [-0.25, -0.2) is 0 Å². The number of pyridine rings is 1. The molecule has 2 aromatic heterocycles. The summed E-state index contributed by atoms with van der Waals surface area (Å²) < 4.78 is 1.02. The van der Waals surface area contributed by atoms with Crippen LogP contribution in [-0.4, -0.2) is 41.4 Å². The van der Waals surface area contributed by atoms with Crippen LogP contribution in [0.5, 0.6) is 0 Å². The van der Waals surface area contributed by atoms with Gasteiger partial charge in [-0.05, 0) is 34.1 Å². The maximum absolute atomic E-state index is 4.21. The molecule has 6 heteroatoms. The third kappa shape index (κ3) is 2.84. The molecule has 3 heterocycles. The molecule has 0 N–H and O–H groups in total. The number of rotatable bonds is 2. The summed E-state index contributed by atoms with van der Waals surface area (Å²) >= 11 is 3.46. The van der Waals surface area contributed by atoms with Crippen LogP contribution in [0.1, 0.15) is 0 Å². The standard InChI is InChI=1S/C13H14BrN5/c14-11-8-12(10-15-9-11)18-4-6-19(7-5-18)13-2-1-3-16-17-13/h1-3,8-10H,4-7H2. The van der Waals surface area contributed by atoms with Gasteiger partial charge in [-0.3, -0.25) is 4.98 Å². The Morgan fingerprint density at radius 2 is 1.84 bits per heavy atom. The summed E-state index contributed by atoms with van der Waals surface area (Å²) in [6.07, 6.45) is 5.41. The molecule has 1 fully saturated rings. The highest BCUT2D eigenvalue weighted by Crippen LogP contribution is 2.20. The monoisotopic (exact) mass is 319 g/mol. The van der Waals surface area contributed by atoms with Crippen LogP contribution in [0, 0.1) is 0 Å². The van der Waals surface area contributed by atoms with Gasteiger partial charge >= 0.3 is 0 Å². The van der Waals surface area contributed by atoms with Crippen LogP contribution in [0.4, 0.5) is 11.5 Å². The van der Waals surface area contributed by atoms with Gasteiger partial charge in [0, 0.05) is 43.0 Å². The number of aromatic nitrogens is 3. The van der Waals surface area contributed by atoms with Crippen molar-refractivity contribution >= 4 is 27.4 Å². The second-order valence-electron chi connectivity index (χ2n) is 4.42. The van der Waals surface area contributed by atoms with E-state index >= 15 is 0 Å². The minimum Gasteiger partial charge on any atom is -0.367 e. The normalized spacial score (nSPS) is 15.6. The minimum absolute atomic E-state index is 0.950. The van der Waals surface area contributed by atoms with E-state index in [1.54, 1.807) is 12.4 Å². The molecule has 0 radical (unpaired) electrons. The van der Waals surface area contributed by atoms with E-state index in [2.05, 4.69) is 47.0 Å². The lowest BCUT2D eigenvalue weighted by molar-refractivity contribution is 0.643. The predicted octanol–water partition coefficient (Wildman–Crippen LogP) is 1.96. The smallest absolute Gasteiger partial charge is 0.151 e. The first-order chi connectivity index (χ1) is 9.33. The van der Waals surface area contributed by atoms with Crippen molar-refractivity contribution < 1.29 is 0 Å². The van der Waals surface area contributed by atoms with Gasteiger partial charge in [-0.15, -0.1) is 5.10 Å². The summed E-state index contributed by atoms with van der Waals surface area (Å²) in [6, 6.07) is 6.03. The Kier molecular flexibility index (Phi) is 3.59. The molecule has 0 aromatic carbocycles. The molecule has 0 saturated carbocycles. The molecule has 5 nitrogen and oxygen atoms in total. The SMILES string of the molecule is Brc1cncc(N2CCN(c3cccnn3)CC2)c1. The lowest BCUT2D eigenvalue weighted by atomic mass is 10.2. The van der Waals surface area contributed by atoms with E-state index in [-0.39, 0.29) is 0 Å². The molecule has 0 amide bonds. The van der Waals surface area contributed by atoms with Crippen molar-refractivity contribution in [3.8, 4) is 0 Å². The number of hydrogen-bond donors (Lipinski definition) is 0. The maximum atomic E-state index is 4.21. The first-order valence-electron chi connectivity index (χ1n) is 6.21. The van der Waals surface area contributed by atoms with E-state index in [0.29, 0.717) is 0 Å². The molecule has 0 spiro atoms. The minimum atomic E-state index is 0.950. The fraction of sp³-hybridized carbons (Fsp3) is 0.308. The van der Waals surface area contributed by atoms with Gasteiger partial charge in [0.05, 0.1) is 11.9 Å². The first-order valence-corrected chi connectivity index (χ1v) is 7.00. The summed E-state index contributed by atoms with van der Waals surface area (Å²) in [4.78, 5) is 8.81. The zero-order valence-electron chi connectivity index (χ0n) is 10.4. The third-order valence-electron chi connectivity index (χ3n) is 3.22. The highest BCUT2D eigenvalue weighted by Gasteiger charge is 2.18. The van der Waals surface area contributed by atoms with Gasteiger partial charge < -0.3 is 9.80 Å². The summed E-state index contributed by atoms with van der Waals surface area (Å²) in [7, 11) is 0. The van der Waals surface area contributed by atoms with E-state index in [1.807, 2.05) is 18.3 Å². The van der Waals surface area contributed by atoms with E-state index < -0.39 is 0 Å². The molecule has 1 aliphatic rings. The quantitative estimate of drug-likeness (QED) is 0.846. The van der Waals surface area contributed by atoms with Crippen molar-refractivity contribution in [3.63, 3.8) is 0 Å². The zero-order chi connectivity index (χ0) is 13.1. The van der Waals surface area contributed by atoms with Gasteiger partial charge in [-0.1, -0.05) is 0 Å². The molecular formula is C13H14BrN5. The average molecular weight is 320 g/mol. The highest BCUT2D eigenvalue weighted by molar-refractivity contribution is 9.10. The molecule has 1 saturated heterocycles. The van der Waals surface area contributed by atoms with Crippen LogP contribution in [0.15, 0.2) is 41.3 Å². The number of piperazine rings is 1. The lowest BCUT2D eigenvalue weighted by Gasteiger charge is -2.36. The fourth-order valence-electron chi connectivity index (χ4n) is 2.23. The summed E-state index contributed by atoms with van der Waals surface area (Å²) in [5, 5.41) is 8.08. The summed E-state index contributed by atoms with van der Waals surface area (Å²) in [6.45, 7) is 3.83. The Morgan fingerprint density at radius 3 is 2.53 bits per heavy atom. The number of halogens is 1. The number of hydrogen-bond acceptors (Lipinski definition) is 5. The Bertz CT molecular complexity index is 540. The predicted molar refractivity (Wildman–Crippen MR) is 78.4 cm³/mol. The molecule has 0 aliphatic carbocycles. The second kappa shape index (κ2) is 5.52. The Labute approximate surface area is 120 Å². The Hall–Kier alpha value is -1.69. The average Bonchev–Trinajstić information content (AvgIpc) is 2.48. The van der Waals surface area contributed by atoms with E-state index in [0.717, 1.165) is 42.2 Å². The van der Waals surface area contributed by atoms with Gasteiger partial charge in [0.1, 0.15) is 0 Å². The molecule has 2 aromatic rings. The molecule has 1 aliphatic heterocycles. The summed E-state index contributed by atoms with van der Waals surface area (Å²) in [5.74, 6) is 0.953. The van der Waals surface area contributed by atoms with Crippen molar-refractivity contribution in [3.05, 3.63) is 41.3 Å². The van der Waals surface area contributed by atoms with E-state index in [4.69, 9.17) is 0 Å². The molecule has 0 bridgehead atoms. The molecule has 0 atom stereocenters. The molecule has 98 valence electrons. The van der Waals surface area contributed by atoms with E-state index in [9.17, 15) is 0 Å². The van der Waals surface area contributed by atoms with Crippen LogP contribution < -0.4 is 9.80 Å². The van der Waals surface area contributed by atoms with Crippen molar-refractivity contribution in [2.75, 3.05) is 36.0 Å². The Balaban J connectivity index is 1.67.